The lowest BCUT2D eigenvalue weighted by Gasteiger charge is -2.29. The number of hydrogen-bond donors (Lipinski definition) is 1. The molecule has 2 aromatic rings. The Kier molecular flexibility index (Phi) is 5.81. The van der Waals surface area contributed by atoms with E-state index in [1.807, 2.05) is 11.8 Å². The van der Waals surface area contributed by atoms with E-state index < -0.39 is 0 Å². The molecule has 26 heavy (non-hydrogen) atoms. The van der Waals surface area contributed by atoms with E-state index in [-0.39, 0.29) is 11.2 Å². The molecule has 0 spiro atoms. The first-order chi connectivity index (χ1) is 12.7. The van der Waals surface area contributed by atoms with Crippen LogP contribution in [0, 0.1) is 0 Å². The number of thioether (sulfide) groups is 1. The van der Waals surface area contributed by atoms with Gasteiger partial charge in [-0.2, -0.15) is 0 Å². The fourth-order valence-electron chi connectivity index (χ4n) is 3.63. The van der Waals surface area contributed by atoms with Gasteiger partial charge in [-0.15, -0.1) is 21.5 Å². The van der Waals surface area contributed by atoms with Crippen LogP contribution in [-0.4, -0.2) is 38.8 Å². The van der Waals surface area contributed by atoms with Gasteiger partial charge < -0.3 is 10.2 Å². The fraction of sp³-hybridized carbons (Fsp3) is 0.611. The van der Waals surface area contributed by atoms with Gasteiger partial charge in [-0.25, -0.2) is 0 Å². The van der Waals surface area contributed by atoms with Crippen LogP contribution in [0.5, 0.6) is 0 Å². The minimum absolute atomic E-state index is 0.134. The minimum Gasteiger partial charge on any atom is -0.357 e. The van der Waals surface area contributed by atoms with E-state index in [9.17, 15) is 4.79 Å². The summed E-state index contributed by atoms with van der Waals surface area (Å²) in [6.45, 7) is 3.54. The first-order valence-electron chi connectivity index (χ1n) is 9.30. The smallest absolute Gasteiger partial charge is 0.236 e. The molecule has 1 N–H and O–H groups in total. The van der Waals surface area contributed by atoms with Crippen molar-refractivity contribution in [1.82, 2.24) is 15.1 Å². The lowest BCUT2D eigenvalue weighted by molar-refractivity contribution is -0.131. The normalized spacial score (nSPS) is 19.2. The molecule has 1 unspecified atom stereocenters. The molecule has 1 saturated carbocycles. The number of amides is 1. The van der Waals surface area contributed by atoms with Crippen LogP contribution in [0.2, 0.25) is 0 Å². The number of hydrogen-bond acceptors (Lipinski definition) is 7. The van der Waals surface area contributed by atoms with Gasteiger partial charge in [-0.1, -0.05) is 42.4 Å². The summed E-state index contributed by atoms with van der Waals surface area (Å²) in [5.41, 5.74) is 1.31. The highest BCUT2D eigenvalue weighted by atomic mass is 32.2. The van der Waals surface area contributed by atoms with Crippen LogP contribution in [0.15, 0.2) is 15.8 Å². The van der Waals surface area contributed by atoms with Crippen molar-refractivity contribution in [2.45, 2.75) is 67.6 Å². The molecule has 140 valence electrons. The maximum atomic E-state index is 12.8. The SMILES string of the molecule is CC(Sc1nnc(NC2CCCCC2)s1)C(=O)N1CCc2sccc2C1. The Morgan fingerprint density at radius 3 is 3.04 bits per heavy atom. The number of carbonyl (C=O) groups excluding carboxylic acids is 1. The largest absolute Gasteiger partial charge is 0.357 e. The summed E-state index contributed by atoms with van der Waals surface area (Å²) < 4.78 is 0.873. The van der Waals surface area contributed by atoms with Crippen molar-refractivity contribution in [3.05, 3.63) is 21.9 Å². The van der Waals surface area contributed by atoms with Crippen molar-refractivity contribution in [3.8, 4) is 0 Å². The molecule has 0 radical (unpaired) electrons. The standard InChI is InChI=1S/C18H24N4OS3/c1-12(16(23)22-9-7-15-13(11-22)8-10-24-15)25-18-21-20-17(26-18)19-14-5-3-2-4-6-14/h8,10,12,14H,2-7,9,11H2,1H3,(H,19,20). The maximum absolute atomic E-state index is 12.8. The quantitative estimate of drug-likeness (QED) is 0.743. The molecule has 8 heteroatoms. The molecular formula is C18H24N4OS3. The van der Waals surface area contributed by atoms with Crippen LogP contribution >= 0.6 is 34.4 Å². The third-order valence-electron chi connectivity index (χ3n) is 5.08. The zero-order chi connectivity index (χ0) is 17.9. The van der Waals surface area contributed by atoms with Crippen LogP contribution in [0.4, 0.5) is 5.13 Å². The van der Waals surface area contributed by atoms with Crippen LogP contribution in [0.3, 0.4) is 0 Å². The molecule has 1 aliphatic heterocycles. The molecule has 2 aliphatic rings. The van der Waals surface area contributed by atoms with Crippen molar-refractivity contribution in [3.63, 3.8) is 0 Å². The summed E-state index contributed by atoms with van der Waals surface area (Å²) in [5.74, 6) is 0.198. The Morgan fingerprint density at radius 1 is 1.35 bits per heavy atom. The van der Waals surface area contributed by atoms with Gasteiger partial charge in [0.25, 0.3) is 0 Å². The third-order valence-corrected chi connectivity index (χ3v) is 8.13. The Hall–Kier alpha value is -1.12. The van der Waals surface area contributed by atoms with Gasteiger partial charge in [-0.3, -0.25) is 4.79 Å². The number of aromatic nitrogens is 2. The lowest BCUT2D eigenvalue weighted by Crippen LogP contribution is -2.39. The van der Waals surface area contributed by atoms with Gasteiger partial charge in [-0.05, 0) is 43.2 Å². The topological polar surface area (TPSA) is 58.1 Å². The van der Waals surface area contributed by atoms with Gasteiger partial charge in [0, 0.05) is 24.0 Å². The van der Waals surface area contributed by atoms with E-state index in [0.29, 0.717) is 6.04 Å². The number of anilines is 1. The Bertz CT molecular complexity index is 753. The highest BCUT2D eigenvalue weighted by Crippen LogP contribution is 2.32. The molecular weight excluding hydrogens is 384 g/mol. The van der Waals surface area contributed by atoms with Crippen LogP contribution < -0.4 is 5.32 Å². The molecule has 0 bridgehead atoms. The number of rotatable bonds is 5. The van der Waals surface area contributed by atoms with Crippen molar-refractivity contribution < 1.29 is 4.79 Å². The molecule has 5 nitrogen and oxygen atoms in total. The number of nitrogens with one attached hydrogen (secondary N) is 1. The molecule has 1 fully saturated rings. The highest BCUT2D eigenvalue weighted by Gasteiger charge is 2.27. The molecule has 0 aromatic carbocycles. The van der Waals surface area contributed by atoms with E-state index in [1.165, 1.54) is 54.3 Å². The summed E-state index contributed by atoms with van der Waals surface area (Å²) in [5, 5.41) is 14.9. The minimum atomic E-state index is -0.134. The summed E-state index contributed by atoms with van der Waals surface area (Å²) in [4.78, 5) is 16.2. The second kappa shape index (κ2) is 8.27. The second-order valence-electron chi connectivity index (χ2n) is 6.99. The number of nitrogens with zero attached hydrogens (tertiary/aromatic N) is 3. The first-order valence-corrected chi connectivity index (χ1v) is 11.9. The van der Waals surface area contributed by atoms with E-state index in [4.69, 9.17) is 0 Å². The average Bonchev–Trinajstić information content (AvgIpc) is 3.30. The van der Waals surface area contributed by atoms with E-state index >= 15 is 0 Å². The maximum Gasteiger partial charge on any atom is 0.236 e. The molecule has 1 aliphatic carbocycles. The van der Waals surface area contributed by atoms with E-state index in [2.05, 4.69) is 27.0 Å². The fourth-order valence-corrected chi connectivity index (χ4v) is 6.58. The average molecular weight is 409 g/mol. The van der Waals surface area contributed by atoms with Gasteiger partial charge in [0.15, 0.2) is 4.34 Å². The summed E-state index contributed by atoms with van der Waals surface area (Å²) in [7, 11) is 0. The number of fused-ring (bicyclic) bond motifs is 1. The van der Waals surface area contributed by atoms with Crippen molar-refractivity contribution in [1.29, 1.82) is 0 Å². The zero-order valence-electron chi connectivity index (χ0n) is 14.9. The third kappa shape index (κ3) is 4.23. The molecule has 0 saturated heterocycles. The molecule has 1 atom stereocenters. The van der Waals surface area contributed by atoms with E-state index in [0.717, 1.165) is 29.0 Å². The molecule has 4 rings (SSSR count). The summed E-state index contributed by atoms with van der Waals surface area (Å²) in [6.07, 6.45) is 7.35. The number of thiophene rings is 1. The number of carbonyl (C=O) groups is 1. The van der Waals surface area contributed by atoms with Crippen molar-refractivity contribution >= 4 is 45.5 Å². The summed E-state index contributed by atoms with van der Waals surface area (Å²) in [6, 6.07) is 2.67. The van der Waals surface area contributed by atoms with Gasteiger partial charge in [0.1, 0.15) is 0 Å². The monoisotopic (exact) mass is 408 g/mol. The molecule has 3 heterocycles. The summed E-state index contributed by atoms with van der Waals surface area (Å²) >= 11 is 4.90. The van der Waals surface area contributed by atoms with Gasteiger partial charge in [0.2, 0.25) is 11.0 Å². The molecule has 2 aromatic heterocycles. The predicted octanol–water partition coefficient (Wildman–Crippen LogP) is 4.41. The van der Waals surface area contributed by atoms with Gasteiger partial charge in [0.05, 0.1) is 5.25 Å². The first kappa shape index (κ1) is 18.3. The van der Waals surface area contributed by atoms with Gasteiger partial charge >= 0.3 is 0 Å². The molecule has 1 amide bonds. The highest BCUT2D eigenvalue weighted by molar-refractivity contribution is 8.02. The Balaban J connectivity index is 1.31. The van der Waals surface area contributed by atoms with Crippen LogP contribution in [0.1, 0.15) is 49.5 Å². The lowest BCUT2D eigenvalue weighted by atomic mass is 9.96. The predicted molar refractivity (Wildman–Crippen MR) is 109 cm³/mol. The Morgan fingerprint density at radius 2 is 2.19 bits per heavy atom. The van der Waals surface area contributed by atoms with Crippen molar-refractivity contribution in [2.24, 2.45) is 0 Å². The van der Waals surface area contributed by atoms with Crippen LogP contribution in [-0.2, 0) is 17.8 Å². The van der Waals surface area contributed by atoms with Crippen molar-refractivity contribution in [2.75, 3.05) is 11.9 Å². The van der Waals surface area contributed by atoms with Crippen LogP contribution in [0.25, 0.3) is 0 Å². The Labute approximate surface area is 166 Å². The zero-order valence-corrected chi connectivity index (χ0v) is 17.4. The second-order valence-corrected chi connectivity index (χ2v) is 10.6. The van der Waals surface area contributed by atoms with E-state index in [1.54, 1.807) is 22.7 Å².